The summed E-state index contributed by atoms with van der Waals surface area (Å²) in [6, 6.07) is 20.4. The van der Waals surface area contributed by atoms with E-state index < -0.39 is 0 Å². The van der Waals surface area contributed by atoms with Gasteiger partial charge in [0, 0.05) is 55.5 Å². The fourth-order valence-electron chi connectivity index (χ4n) is 5.58. The molecule has 226 valence electrons. The highest BCUT2D eigenvalue weighted by Crippen LogP contribution is 2.28. The summed E-state index contributed by atoms with van der Waals surface area (Å²) in [6.45, 7) is 6.24. The van der Waals surface area contributed by atoms with Crippen LogP contribution in [-0.4, -0.2) is 67.8 Å². The Bertz CT molecular complexity index is 1230. The molecule has 2 heterocycles. The Morgan fingerprint density at radius 1 is 0.786 bits per heavy atom. The van der Waals surface area contributed by atoms with Gasteiger partial charge in [-0.3, -0.25) is 14.2 Å². The molecule has 2 aromatic carbocycles. The van der Waals surface area contributed by atoms with Gasteiger partial charge in [-0.2, -0.15) is 0 Å². The predicted octanol–water partition coefficient (Wildman–Crippen LogP) is 7.40. The van der Waals surface area contributed by atoms with Crippen LogP contribution in [0.5, 0.6) is 0 Å². The Hall–Kier alpha value is -3.13. The molecule has 0 radical (unpaired) electrons. The van der Waals surface area contributed by atoms with Crippen LogP contribution in [0.25, 0.3) is 17.1 Å². The summed E-state index contributed by atoms with van der Waals surface area (Å²) in [5.41, 5.74) is 2.06. The molecule has 1 saturated heterocycles. The molecular formula is C34H47N5O2S. The number of para-hydroxylation sites is 1. The van der Waals surface area contributed by atoms with Crippen LogP contribution in [0.4, 0.5) is 0 Å². The molecule has 0 N–H and O–H groups in total. The molecule has 4 rings (SSSR count). The first kappa shape index (κ1) is 31.8. The van der Waals surface area contributed by atoms with Crippen LogP contribution in [0.2, 0.25) is 0 Å². The summed E-state index contributed by atoms with van der Waals surface area (Å²) < 4.78 is 2.11. The second-order valence-corrected chi connectivity index (χ2v) is 12.4. The second kappa shape index (κ2) is 17.1. The van der Waals surface area contributed by atoms with E-state index in [1.807, 2.05) is 46.2 Å². The lowest BCUT2D eigenvalue weighted by atomic mass is 10.1. The van der Waals surface area contributed by atoms with Crippen molar-refractivity contribution in [2.75, 3.05) is 25.4 Å². The Labute approximate surface area is 256 Å². The number of carbonyl (C=O) groups excluding carboxylic acids is 2. The van der Waals surface area contributed by atoms with Gasteiger partial charge in [0.25, 0.3) is 0 Å². The van der Waals surface area contributed by atoms with Crippen molar-refractivity contribution < 1.29 is 9.59 Å². The Kier molecular flexibility index (Phi) is 12.9. The minimum Gasteiger partial charge on any atom is -0.339 e. The summed E-state index contributed by atoms with van der Waals surface area (Å²) >= 11 is 1.68. The third kappa shape index (κ3) is 9.18. The maximum atomic E-state index is 13.0. The number of aromatic nitrogens is 3. The van der Waals surface area contributed by atoms with Crippen LogP contribution in [-0.2, 0) is 9.59 Å². The number of thioether (sulfide) groups is 1. The Morgan fingerprint density at radius 2 is 1.43 bits per heavy atom. The zero-order valence-electron chi connectivity index (χ0n) is 25.4. The highest BCUT2D eigenvalue weighted by Gasteiger charge is 2.29. The van der Waals surface area contributed by atoms with Gasteiger partial charge in [-0.25, -0.2) is 0 Å². The van der Waals surface area contributed by atoms with E-state index in [0.717, 1.165) is 53.7 Å². The molecule has 1 aromatic heterocycles. The van der Waals surface area contributed by atoms with Gasteiger partial charge in [-0.15, -0.1) is 10.2 Å². The maximum absolute atomic E-state index is 13.0. The first-order valence-electron chi connectivity index (χ1n) is 15.8. The molecule has 2 amide bonds. The Balaban J connectivity index is 1.18. The number of amides is 2. The average molecular weight is 590 g/mol. The van der Waals surface area contributed by atoms with Gasteiger partial charge in [0.2, 0.25) is 11.8 Å². The topological polar surface area (TPSA) is 71.3 Å². The lowest BCUT2D eigenvalue weighted by Crippen LogP contribution is -2.55. The lowest BCUT2D eigenvalue weighted by molar-refractivity contribution is -0.142. The van der Waals surface area contributed by atoms with E-state index in [1.165, 1.54) is 32.1 Å². The van der Waals surface area contributed by atoms with E-state index in [-0.39, 0.29) is 17.9 Å². The van der Waals surface area contributed by atoms with Crippen molar-refractivity contribution in [3.63, 3.8) is 0 Å². The Morgan fingerprint density at radius 3 is 2.14 bits per heavy atom. The molecule has 8 heteroatoms. The minimum absolute atomic E-state index is 0.0819. The van der Waals surface area contributed by atoms with E-state index in [0.29, 0.717) is 32.5 Å². The van der Waals surface area contributed by atoms with Crippen molar-refractivity contribution >= 4 is 23.6 Å². The third-order valence-corrected chi connectivity index (χ3v) is 9.01. The monoisotopic (exact) mass is 589 g/mol. The highest BCUT2D eigenvalue weighted by molar-refractivity contribution is 7.99. The molecule has 0 bridgehead atoms. The van der Waals surface area contributed by atoms with Gasteiger partial charge in [0.1, 0.15) is 0 Å². The van der Waals surface area contributed by atoms with Gasteiger partial charge in [0.05, 0.1) is 0 Å². The predicted molar refractivity (Wildman–Crippen MR) is 172 cm³/mol. The highest BCUT2D eigenvalue weighted by atomic mass is 32.2. The second-order valence-electron chi connectivity index (χ2n) is 11.3. The van der Waals surface area contributed by atoms with E-state index in [4.69, 9.17) is 0 Å². The number of piperazine rings is 1. The van der Waals surface area contributed by atoms with E-state index in [9.17, 15) is 9.59 Å². The van der Waals surface area contributed by atoms with E-state index >= 15 is 0 Å². The molecular weight excluding hydrogens is 542 g/mol. The van der Waals surface area contributed by atoms with E-state index in [1.54, 1.807) is 11.8 Å². The fourth-order valence-corrected chi connectivity index (χ4v) is 6.53. The number of hydrogen-bond acceptors (Lipinski definition) is 5. The standard InChI is InChI=1S/C34H47N5O2S/c1-3-4-5-6-7-8-15-23-32(41)38-25-24-37(27-28(38)2)31(40)22-16-17-26-42-34-36-35-33(29-18-11-9-12-19-29)39(34)30-20-13-10-14-21-30/h9-14,18-21,28H,3-8,15-17,22-27H2,1-2H3. The molecule has 1 fully saturated rings. The van der Waals surface area contributed by atoms with Crippen molar-refractivity contribution in [2.24, 2.45) is 0 Å². The first-order valence-corrected chi connectivity index (χ1v) is 16.8. The molecule has 3 aromatic rings. The molecule has 1 aliphatic rings. The third-order valence-electron chi connectivity index (χ3n) is 7.99. The molecule has 1 unspecified atom stereocenters. The molecule has 42 heavy (non-hydrogen) atoms. The van der Waals surface area contributed by atoms with Gasteiger partial charge in [0.15, 0.2) is 11.0 Å². The molecule has 0 spiro atoms. The summed E-state index contributed by atoms with van der Waals surface area (Å²) in [7, 11) is 0. The molecule has 1 atom stereocenters. The molecule has 7 nitrogen and oxygen atoms in total. The van der Waals surface area contributed by atoms with Crippen LogP contribution >= 0.6 is 11.8 Å². The van der Waals surface area contributed by atoms with Crippen molar-refractivity contribution in [3.05, 3.63) is 60.7 Å². The van der Waals surface area contributed by atoms with E-state index in [2.05, 4.69) is 52.9 Å². The number of benzene rings is 2. The normalized spacial score (nSPS) is 15.2. The maximum Gasteiger partial charge on any atom is 0.222 e. The lowest BCUT2D eigenvalue weighted by Gasteiger charge is -2.40. The van der Waals surface area contributed by atoms with Crippen LogP contribution in [0.1, 0.15) is 84.5 Å². The number of carbonyl (C=O) groups is 2. The first-order chi connectivity index (χ1) is 20.6. The zero-order chi connectivity index (χ0) is 29.6. The summed E-state index contributed by atoms with van der Waals surface area (Å²) in [4.78, 5) is 29.7. The molecule has 1 aliphatic heterocycles. The molecule has 0 aliphatic carbocycles. The smallest absolute Gasteiger partial charge is 0.222 e. The summed E-state index contributed by atoms with van der Waals surface area (Å²) in [5, 5.41) is 9.88. The van der Waals surface area contributed by atoms with Crippen LogP contribution in [0, 0.1) is 0 Å². The quantitative estimate of drug-likeness (QED) is 0.129. The van der Waals surface area contributed by atoms with Crippen molar-refractivity contribution in [1.82, 2.24) is 24.6 Å². The number of nitrogens with zero attached hydrogens (tertiary/aromatic N) is 5. The average Bonchev–Trinajstić information content (AvgIpc) is 3.45. The van der Waals surface area contributed by atoms with Crippen LogP contribution < -0.4 is 0 Å². The molecule has 0 saturated carbocycles. The number of unbranched alkanes of at least 4 members (excludes halogenated alkanes) is 7. The zero-order valence-corrected chi connectivity index (χ0v) is 26.2. The van der Waals surface area contributed by atoms with Gasteiger partial charge in [-0.05, 0) is 38.3 Å². The van der Waals surface area contributed by atoms with Crippen molar-refractivity contribution in [3.8, 4) is 17.1 Å². The van der Waals surface area contributed by atoms with Gasteiger partial charge in [-0.1, -0.05) is 106 Å². The minimum atomic E-state index is 0.0819. The SMILES string of the molecule is CCCCCCCCCC(=O)N1CCN(C(=O)CCCCSc2nnc(-c3ccccc3)n2-c2ccccc2)CC1C. The summed E-state index contributed by atoms with van der Waals surface area (Å²) in [6.07, 6.45) is 11.4. The largest absolute Gasteiger partial charge is 0.339 e. The summed E-state index contributed by atoms with van der Waals surface area (Å²) in [5.74, 6) is 2.14. The van der Waals surface area contributed by atoms with Crippen LogP contribution in [0.15, 0.2) is 65.8 Å². The van der Waals surface area contributed by atoms with Crippen molar-refractivity contribution in [2.45, 2.75) is 95.7 Å². The van der Waals surface area contributed by atoms with Gasteiger partial charge < -0.3 is 9.80 Å². The number of rotatable bonds is 16. The van der Waals surface area contributed by atoms with Gasteiger partial charge >= 0.3 is 0 Å². The fraction of sp³-hybridized carbons (Fsp3) is 0.529. The van der Waals surface area contributed by atoms with Crippen LogP contribution in [0.3, 0.4) is 0 Å². The van der Waals surface area contributed by atoms with Crippen molar-refractivity contribution in [1.29, 1.82) is 0 Å². The number of hydrogen-bond donors (Lipinski definition) is 0.